The van der Waals surface area contributed by atoms with Gasteiger partial charge < -0.3 is 5.73 Å². The van der Waals surface area contributed by atoms with Crippen LogP contribution in [0.15, 0.2) is 35.9 Å². The monoisotopic (exact) mass is 290 g/mol. The van der Waals surface area contributed by atoms with Gasteiger partial charge in [0.25, 0.3) is 0 Å². The van der Waals surface area contributed by atoms with Crippen LogP contribution in [0.5, 0.6) is 0 Å². The van der Waals surface area contributed by atoms with Gasteiger partial charge in [0, 0.05) is 11.1 Å². The number of nitrogen functional groups attached to an aromatic ring is 1. The van der Waals surface area contributed by atoms with Gasteiger partial charge in [-0.25, -0.2) is 4.98 Å². The Morgan fingerprint density at radius 1 is 0.955 bits per heavy atom. The van der Waals surface area contributed by atoms with Gasteiger partial charge in [-0.05, 0) is 81.5 Å². The summed E-state index contributed by atoms with van der Waals surface area (Å²) >= 11 is 0. The van der Waals surface area contributed by atoms with Crippen LogP contribution in [0.4, 0.5) is 5.82 Å². The minimum Gasteiger partial charge on any atom is -0.384 e. The molecule has 0 atom stereocenters. The Balaban J connectivity index is 2.50. The summed E-state index contributed by atoms with van der Waals surface area (Å²) in [5, 5.41) is 0. The molecule has 112 valence electrons. The fraction of sp³-hybridized carbons (Fsp3) is 0.250. The predicted octanol–water partition coefficient (Wildman–Crippen LogP) is 4.49. The number of aryl methyl sites for hydroxylation is 2. The van der Waals surface area contributed by atoms with Gasteiger partial charge in [-0.2, -0.15) is 0 Å². The highest BCUT2D eigenvalue weighted by atomic mass is 14.8. The maximum atomic E-state index is 5.82. The minimum absolute atomic E-state index is 0.495. The predicted molar refractivity (Wildman–Crippen MR) is 94.5 cm³/mol. The van der Waals surface area contributed by atoms with Crippen molar-refractivity contribution in [3.05, 3.63) is 63.9 Å². The van der Waals surface area contributed by atoms with Crippen molar-refractivity contribution in [2.45, 2.75) is 34.6 Å². The topological polar surface area (TPSA) is 38.9 Å². The third-order valence-corrected chi connectivity index (χ3v) is 3.90. The molecule has 0 bridgehead atoms. The van der Waals surface area contributed by atoms with E-state index in [2.05, 4.69) is 63.6 Å². The Morgan fingerprint density at radius 3 is 2.32 bits per heavy atom. The van der Waals surface area contributed by atoms with Crippen molar-refractivity contribution in [1.82, 2.24) is 4.98 Å². The van der Waals surface area contributed by atoms with E-state index in [4.69, 9.17) is 5.73 Å². The molecule has 1 aromatic heterocycles. The number of rotatable bonds is 1. The van der Waals surface area contributed by atoms with Gasteiger partial charge in [0.1, 0.15) is 11.5 Å². The normalized spacial score (nSPS) is 9.86. The summed E-state index contributed by atoms with van der Waals surface area (Å²) in [7, 11) is 0. The molecule has 2 aromatic rings. The summed E-state index contributed by atoms with van der Waals surface area (Å²) in [5.41, 5.74) is 13.6. The van der Waals surface area contributed by atoms with Gasteiger partial charge in [-0.15, -0.1) is 0 Å². The number of hydrogen-bond donors (Lipinski definition) is 1. The van der Waals surface area contributed by atoms with Crippen molar-refractivity contribution in [3.63, 3.8) is 0 Å². The molecule has 0 aliphatic carbocycles. The number of pyridine rings is 1. The second-order valence-corrected chi connectivity index (χ2v) is 5.81. The molecule has 0 aliphatic heterocycles. The fourth-order valence-electron chi connectivity index (χ4n) is 2.09. The fourth-order valence-corrected chi connectivity index (χ4v) is 2.09. The Labute approximate surface area is 133 Å². The third-order valence-electron chi connectivity index (χ3n) is 3.90. The smallest absolute Gasteiger partial charge is 0.124 e. The highest BCUT2D eigenvalue weighted by Gasteiger charge is 2.06. The van der Waals surface area contributed by atoms with Crippen LogP contribution in [0.2, 0.25) is 0 Å². The number of nitrogens with zero attached hydrogens (tertiary/aromatic N) is 1. The van der Waals surface area contributed by atoms with Crippen LogP contribution in [0.25, 0.3) is 5.57 Å². The Hall–Kier alpha value is -2.53. The van der Waals surface area contributed by atoms with Crippen LogP contribution < -0.4 is 5.73 Å². The highest BCUT2D eigenvalue weighted by molar-refractivity contribution is 5.71. The number of hydrogen-bond acceptors (Lipinski definition) is 2. The largest absolute Gasteiger partial charge is 0.384 e. The molecule has 0 aliphatic rings. The third kappa shape index (κ3) is 3.56. The zero-order chi connectivity index (χ0) is 16.3. The van der Waals surface area contributed by atoms with E-state index in [1.165, 1.54) is 22.3 Å². The quantitative estimate of drug-likeness (QED) is 0.786. The number of anilines is 1. The van der Waals surface area contributed by atoms with E-state index < -0.39 is 0 Å². The number of nitrogens with two attached hydrogens (primary N) is 1. The molecule has 0 spiro atoms. The summed E-state index contributed by atoms with van der Waals surface area (Å²) in [5.74, 6) is 6.87. The molecule has 0 saturated carbocycles. The maximum absolute atomic E-state index is 5.82. The lowest BCUT2D eigenvalue weighted by atomic mass is 10.0. The lowest BCUT2D eigenvalue weighted by molar-refractivity contribution is 1.25. The Kier molecular flexibility index (Phi) is 4.68. The second-order valence-electron chi connectivity index (χ2n) is 5.81. The number of aromatic nitrogens is 1. The molecule has 1 aromatic carbocycles. The van der Waals surface area contributed by atoms with E-state index in [0.29, 0.717) is 5.82 Å². The van der Waals surface area contributed by atoms with E-state index >= 15 is 0 Å². The van der Waals surface area contributed by atoms with E-state index in [9.17, 15) is 0 Å². The summed E-state index contributed by atoms with van der Waals surface area (Å²) in [6.07, 6.45) is 0. The first-order chi connectivity index (χ1) is 10.4. The molecule has 0 unspecified atom stereocenters. The lowest BCUT2D eigenvalue weighted by Crippen LogP contribution is -1.97. The highest BCUT2D eigenvalue weighted by Crippen LogP contribution is 2.21. The second kappa shape index (κ2) is 6.49. The molecule has 2 N–H and O–H groups in total. The molecule has 1 heterocycles. The van der Waals surface area contributed by atoms with Gasteiger partial charge in [0.05, 0.1) is 0 Å². The van der Waals surface area contributed by atoms with Crippen LogP contribution in [-0.4, -0.2) is 4.98 Å². The van der Waals surface area contributed by atoms with Crippen molar-refractivity contribution in [1.29, 1.82) is 0 Å². The van der Waals surface area contributed by atoms with Crippen LogP contribution in [0, 0.1) is 25.7 Å². The Bertz CT molecular complexity index is 798. The standard InChI is InChI=1S/C20H22N2/c1-13(2)16(5)18-9-11-20(21)22-19(18)10-8-17-7-6-14(3)15(4)12-17/h6-7,9,11-12H,1-5H3,(H2,21,22). The van der Waals surface area contributed by atoms with Crippen molar-refractivity contribution >= 4 is 11.4 Å². The zero-order valence-corrected chi connectivity index (χ0v) is 13.9. The van der Waals surface area contributed by atoms with Crippen LogP contribution in [-0.2, 0) is 0 Å². The molecule has 2 rings (SSSR count). The first-order valence-electron chi connectivity index (χ1n) is 7.38. The van der Waals surface area contributed by atoms with E-state index in [1.807, 2.05) is 18.2 Å². The van der Waals surface area contributed by atoms with Crippen LogP contribution in [0.3, 0.4) is 0 Å². The molecule has 0 saturated heterocycles. The molecule has 0 amide bonds. The molecular weight excluding hydrogens is 268 g/mol. The molecule has 22 heavy (non-hydrogen) atoms. The summed E-state index contributed by atoms with van der Waals surface area (Å²) in [6.45, 7) is 10.5. The lowest BCUT2D eigenvalue weighted by Gasteiger charge is -2.07. The molecule has 2 heteroatoms. The van der Waals surface area contributed by atoms with E-state index in [1.54, 1.807) is 0 Å². The molecular formula is C20H22N2. The van der Waals surface area contributed by atoms with Crippen molar-refractivity contribution < 1.29 is 0 Å². The molecule has 0 radical (unpaired) electrons. The van der Waals surface area contributed by atoms with Gasteiger partial charge >= 0.3 is 0 Å². The first-order valence-corrected chi connectivity index (χ1v) is 7.38. The van der Waals surface area contributed by atoms with Crippen LogP contribution in [0.1, 0.15) is 48.7 Å². The van der Waals surface area contributed by atoms with Gasteiger partial charge in [-0.3, -0.25) is 0 Å². The average molecular weight is 290 g/mol. The van der Waals surface area contributed by atoms with Gasteiger partial charge in [0.2, 0.25) is 0 Å². The minimum atomic E-state index is 0.495. The summed E-state index contributed by atoms with van der Waals surface area (Å²) in [6, 6.07) is 10.0. The zero-order valence-electron chi connectivity index (χ0n) is 13.9. The molecule has 2 nitrogen and oxygen atoms in total. The maximum Gasteiger partial charge on any atom is 0.124 e. The summed E-state index contributed by atoms with van der Waals surface area (Å²) in [4.78, 5) is 4.40. The number of allylic oxidation sites excluding steroid dienone is 2. The van der Waals surface area contributed by atoms with Crippen LogP contribution >= 0.6 is 0 Å². The molecule has 0 fully saturated rings. The van der Waals surface area contributed by atoms with Crippen molar-refractivity contribution in [2.75, 3.05) is 5.73 Å². The van der Waals surface area contributed by atoms with Gasteiger partial charge in [0.15, 0.2) is 0 Å². The van der Waals surface area contributed by atoms with Crippen molar-refractivity contribution in [3.8, 4) is 11.8 Å². The first kappa shape index (κ1) is 15.9. The Morgan fingerprint density at radius 2 is 1.68 bits per heavy atom. The number of benzene rings is 1. The SMILES string of the molecule is CC(C)=C(C)c1ccc(N)nc1C#Cc1ccc(C)c(C)c1. The van der Waals surface area contributed by atoms with E-state index in [-0.39, 0.29) is 0 Å². The van der Waals surface area contributed by atoms with E-state index in [0.717, 1.165) is 16.8 Å². The van der Waals surface area contributed by atoms with Crippen molar-refractivity contribution in [2.24, 2.45) is 0 Å². The van der Waals surface area contributed by atoms with Gasteiger partial charge in [-0.1, -0.05) is 17.6 Å². The summed E-state index contributed by atoms with van der Waals surface area (Å²) < 4.78 is 0. The average Bonchev–Trinajstić information content (AvgIpc) is 2.48.